The van der Waals surface area contributed by atoms with E-state index >= 15 is 0 Å². The number of carbonyl (C=O) groups is 1. The summed E-state index contributed by atoms with van der Waals surface area (Å²) in [5, 5.41) is 0. The van der Waals surface area contributed by atoms with Crippen LogP contribution in [0.25, 0.3) is 0 Å². The highest BCUT2D eigenvalue weighted by atomic mass is 16.5. The van der Waals surface area contributed by atoms with Crippen LogP contribution in [0, 0.1) is 6.92 Å². The fourth-order valence-electron chi connectivity index (χ4n) is 1.67. The largest absolute Gasteiger partial charge is 0.492 e. The minimum absolute atomic E-state index is 0.118. The van der Waals surface area contributed by atoms with Gasteiger partial charge in [-0.15, -0.1) is 0 Å². The molecule has 0 fully saturated rings. The highest BCUT2D eigenvalue weighted by Gasteiger charge is 2.07. The minimum atomic E-state index is 0.118. The molecular weight excluding hydrogens is 242 g/mol. The number of nitrogens with two attached hydrogens (primary N) is 1. The Morgan fingerprint density at radius 2 is 2.16 bits per heavy atom. The van der Waals surface area contributed by atoms with Crippen LogP contribution in [0.15, 0.2) is 12.1 Å². The van der Waals surface area contributed by atoms with Crippen molar-refractivity contribution in [3.8, 4) is 5.75 Å². The SMILES string of the molecule is Cc1ccc(OCCCC(=O)N(C)C)c(CCN)n1. The van der Waals surface area contributed by atoms with Gasteiger partial charge in [0.15, 0.2) is 0 Å². The molecule has 0 aromatic carbocycles. The Morgan fingerprint density at radius 3 is 2.79 bits per heavy atom. The summed E-state index contributed by atoms with van der Waals surface area (Å²) in [6.07, 6.45) is 1.90. The minimum Gasteiger partial charge on any atom is -0.492 e. The van der Waals surface area contributed by atoms with Gasteiger partial charge in [0.25, 0.3) is 0 Å². The lowest BCUT2D eigenvalue weighted by Crippen LogP contribution is -2.21. The molecule has 0 aliphatic carbocycles. The number of aromatic nitrogens is 1. The Morgan fingerprint density at radius 1 is 1.42 bits per heavy atom. The zero-order chi connectivity index (χ0) is 14.3. The van der Waals surface area contributed by atoms with Gasteiger partial charge in [-0.25, -0.2) is 0 Å². The van der Waals surface area contributed by atoms with Crippen molar-refractivity contribution in [2.75, 3.05) is 27.2 Å². The van der Waals surface area contributed by atoms with Crippen molar-refractivity contribution < 1.29 is 9.53 Å². The third-order valence-corrected chi connectivity index (χ3v) is 2.74. The summed E-state index contributed by atoms with van der Waals surface area (Å²) >= 11 is 0. The second kappa shape index (κ2) is 7.74. The fourth-order valence-corrected chi connectivity index (χ4v) is 1.67. The molecule has 1 amide bonds. The van der Waals surface area contributed by atoms with E-state index in [1.165, 1.54) is 0 Å². The number of ether oxygens (including phenoxy) is 1. The van der Waals surface area contributed by atoms with E-state index < -0.39 is 0 Å². The third-order valence-electron chi connectivity index (χ3n) is 2.74. The van der Waals surface area contributed by atoms with E-state index in [-0.39, 0.29) is 5.91 Å². The molecule has 0 atom stereocenters. The van der Waals surface area contributed by atoms with Crippen LogP contribution in [0.3, 0.4) is 0 Å². The lowest BCUT2D eigenvalue weighted by Gasteiger charge is -2.12. The summed E-state index contributed by atoms with van der Waals surface area (Å²) in [5.41, 5.74) is 7.41. The second-order valence-corrected chi connectivity index (χ2v) is 4.68. The molecule has 2 N–H and O–H groups in total. The lowest BCUT2D eigenvalue weighted by atomic mass is 10.2. The second-order valence-electron chi connectivity index (χ2n) is 4.68. The predicted molar refractivity (Wildman–Crippen MR) is 75.2 cm³/mol. The lowest BCUT2D eigenvalue weighted by molar-refractivity contribution is -0.128. The molecule has 0 aliphatic heterocycles. The molecular formula is C14H23N3O2. The summed E-state index contributed by atoms with van der Waals surface area (Å²) in [4.78, 5) is 17.4. The van der Waals surface area contributed by atoms with Gasteiger partial charge in [0.05, 0.1) is 12.3 Å². The number of hydrogen-bond donors (Lipinski definition) is 1. The number of nitrogens with zero attached hydrogens (tertiary/aromatic N) is 2. The highest BCUT2D eigenvalue weighted by molar-refractivity contribution is 5.75. The number of hydrogen-bond acceptors (Lipinski definition) is 4. The summed E-state index contributed by atoms with van der Waals surface area (Å²) < 4.78 is 5.69. The van der Waals surface area contributed by atoms with Gasteiger partial charge >= 0.3 is 0 Å². The molecule has 0 saturated heterocycles. The molecule has 5 nitrogen and oxygen atoms in total. The first-order valence-electron chi connectivity index (χ1n) is 6.54. The van der Waals surface area contributed by atoms with Gasteiger partial charge in [0, 0.05) is 32.6 Å². The van der Waals surface area contributed by atoms with Gasteiger partial charge in [-0.3, -0.25) is 9.78 Å². The number of aryl methyl sites for hydroxylation is 1. The first kappa shape index (κ1) is 15.4. The molecule has 0 radical (unpaired) electrons. The van der Waals surface area contributed by atoms with Crippen molar-refractivity contribution in [1.82, 2.24) is 9.88 Å². The van der Waals surface area contributed by atoms with Crippen molar-refractivity contribution in [1.29, 1.82) is 0 Å². The molecule has 0 saturated carbocycles. The van der Waals surface area contributed by atoms with E-state index in [4.69, 9.17) is 10.5 Å². The normalized spacial score (nSPS) is 10.3. The molecule has 1 aromatic rings. The van der Waals surface area contributed by atoms with Gasteiger partial charge in [-0.05, 0) is 32.0 Å². The first-order chi connectivity index (χ1) is 9.04. The quantitative estimate of drug-likeness (QED) is 0.751. The average molecular weight is 265 g/mol. The van der Waals surface area contributed by atoms with Gasteiger partial charge in [0.2, 0.25) is 5.91 Å². The van der Waals surface area contributed by atoms with Crippen LogP contribution in [-0.4, -0.2) is 43.0 Å². The molecule has 1 aromatic heterocycles. The molecule has 1 heterocycles. The van der Waals surface area contributed by atoms with Gasteiger partial charge < -0.3 is 15.4 Å². The van der Waals surface area contributed by atoms with Crippen molar-refractivity contribution >= 4 is 5.91 Å². The molecule has 106 valence electrons. The summed E-state index contributed by atoms with van der Waals surface area (Å²) in [6.45, 7) is 3.01. The number of carbonyl (C=O) groups excluding carboxylic acids is 1. The highest BCUT2D eigenvalue weighted by Crippen LogP contribution is 2.17. The maximum atomic E-state index is 11.4. The summed E-state index contributed by atoms with van der Waals surface area (Å²) in [6, 6.07) is 3.83. The van der Waals surface area contributed by atoms with Crippen LogP contribution in [-0.2, 0) is 11.2 Å². The monoisotopic (exact) mass is 265 g/mol. The average Bonchev–Trinajstić information content (AvgIpc) is 2.36. The van der Waals surface area contributed by atoms with E-state index in [0.717, 1.165) is 17.1 Å². The van der Waals surface area contributed by atoms with Crippen molar-refractivity contribution in [2.45, 2.75) is 26.2 Å². The standard InChI is InChI=1S/C14H23N3O2/c1-11-6-7-13(12(16-11)8-9-15)19-10-4-5-14(18)17(2)3/h6-7H,4-5,8-10,15H2,1-3H3. The number of pyridine rings is 1. The van der Waals surface area contributed by atoms with Gasteiger partial charge in [-0.2, -0.15) is 0 Å². The van der Waals surface area contributed by atoms with Crippen LogP contribution < -0.4 is 10.5 Å². The summed E-state index contributed by atoms with van der Waals surface area (Å²) in [7, 11) is 3.51. The maximum Gasteiger partial charge on any atom is 0.222 e. The molecule has 0 spiro atoms. The number of rotatable bonds is 7. The Kier molecular flexibility index (Phi) is 6.29. The zero-order valence-corrected chi connectivity index (χ0v) is 12.0. The summed E-state index contributed by atoms with van der Waals surface area (Å²) in [5.74, 6) is 0.890. The van der Waals surface area contributed by atoms with Gasteiger partial charge in [0.1, 0.15) is 5.75 Å². The van der Waals surface area contributed by atoms with E-state index in [2.05, 4.69) is 4.98 Å². The smallest absolute Gasteiger partial charge is 0.222 e. The third kappa shape index (κ3) is 5.26. The van der Waals surface area contributed by atoms with Crippen LogP contribution in [0.1, 0.15) is 24.2 Å². The predicted octanol–water partition coefficient (Wildman–Crippen LogP) is 1.14. The Balaban J connectivity index is 2.46. The number of amides is 1. The molecule has 0 bridgehead atoms. The van der Waals surface area contributed by atoms with Crippen LogP contribution in [0.4, 0.5) is 0 Å². The zero-order valence-electron chi connectivity index (χ0n) is 12.0. The van der Waals surface area contributed by atoms with Crippen LogP contribution >= 0.6 is 0 Å². The van der Waals surface area contributed by atoms with Crippen molar-refractivity contribution in [3.05, 3.63) is 23.5 Å². The van der Waals surface area contributed by atoms with Crippen molar-refractivity contribution in [3.63, 3.8) is 0 Å². The Bertz CT molecular complexity index is 419. The van der Waals surface area contributed by atoms with Gasteiger partial charge in [-0.1, -0.05) is 0 Å². The van der Waals surface area contributed by atoms with Crippen LogP contribution in [0.5, 0.6) is 5.75 Å². The van der Waals surface area contributed by atoms with E-state index in [1.807, 2.05) is 19.1 Å². The molecule has 0 aliphatic rings. The Hall–Kier alpha value is -1.62. The molecule has 5 heteroatoms. The maximum absolute atomic E-state index is 11.4. The van der Waals surface area contributed by atoms with E-state index in [0.29, 0.717) is 32.4 Å². The van der Waals surface area contributed by atoms with E-state index in [1.54, 1.807) is 19.0 Å². The van der Waals surface area contributed by atoms with Crippen LogP contribution in [0.2, 0.25) is 0 Å². The van der Waals surface area contributed by atoms with E-state index in [9.17, 15) is 4.79 Å². The molecule has 0 unspecified atom stereocenters. The topological polar surface area (TPSA) is 68.5 Å². The molecule has 19 heavy (non-hydrogen) atoms. The fraction of sp³-hybridized carbons (Fsp3) is 0.571. The molecule has 1 rings (SSSR count). The first-order valence-corrected chi connectivity index (χ1v) is 6.54. The Labute approximate surface area is 114 Å². The van der Waals surface area contributed by atoms with Crippen molar-refractivity contribution in [2.24, 2.45) is 5.73 Å².